The Kier molecular flexibility index (Phi) is 8.88. The van der Waals surface area contributed by atoms with Crippen LogP contribution in [0.2, 0.25) is 0 Å². The molecule has 3 heteroatoms. The van der Waals surface area contributed by atoms with E-state index < -0.39 is 6.16 Å². The summed E-state index contributed by atoms with van der Waals surface area (Å²) in [6.45, 7) is 17.2. The molecule has 0 aliphatic heterocycles. The van der Waals surface area contributed by atoms with Crippen molar-refractivity contribution < 1.29 is 14.3 Å². The third-order valence-corrected chi connectivity index (χ3v) is 11.7. The van der Waals surface area contributed by atoms with E-state index in [1.807, 2.05) is 0 Å². The van der Waals surface area contributed by atoms with Crippen LogP contribution in [-0.4, -0.2) is 18.9 Å². The minimum absolute atomic E-state index is 0.0123. The Balaban J connectivity index is 1.38. The molecule has 4 aliphatic rings. The molecule has 0 N–H and O–H groups in total. The van der Waals surface area contributed by atoms with Gasteiger partial charge in [0.25, 0.3) is 0 Å². The van der Waals surface area contributed by atoms with Crippen LogP contribution in [0.5, 0.6) is 0 Å². The van der Waals surface area contributed by atoms with Crippen LogP contribution in [0.1, 0.15) is 126 Å². The summed E-state index contributed by atoms with van der Waals surface area (Å²) in [5, 5.41) is 0. The second kappa shape index (κ2) is 11.4. The van der Waals surface area contributed by atoms with E-state index in [9.17, 15) is 4.79 Å². The maximum Gasteiger partial charge on any atom is 0.508 e. The Morgan fingerprint density at radius 3 is 2.53 bits per heavy atom. The van der Waals surface area contributed by atoms with Gasteiger partial charge in [-0.1, -0.05) is 85.8 Å². The van der Waals surface area contributed by atoms with Crippen molar-refractivity contribution in [3.05, 3.63) is 11.6 Å². The van der Waals surface area contributed by atoms with Crippen molar-refractivity contribution in [3.8, 4) is 0 Å². The summed E-state index contributed by atoms with van der Waals surface area (Å²) < 4.78 is 11.2. The Morgan fingerprint density at radius 1 is 1.03 bits per heavy atom. The first-order chi connectivity index (χ1) is 17.1. The van der Waals surface area contributed by atoms with E-state index >= 15 is 0 Å². The lowest BCUT2D eigenvalue weighted by molar-refractivity contribution is -0.0621. The minimum Gasteiger partial charge on any atom is -0.434 e. The van der Waals surface area contributed by atoms with Crippen LogP contribution >= 0.6 is 0 Å². The number of hydrogen-bond donors (Lipinski definition) is 0. The fourth-order valence-corrected chi connectivity index (χ4v) is 9.25. The van der Waals surface area contributed by atoms with Gasteiger partial charge in [0, 0.05) is 6.42 Å². The number of allylic oxidation sites excluding steroid dienone is 1. The van der Waals surface area contributed by atoms with Crippen molar-refractivity contribution in [1.82, 2.24) is 0 Å². The average molecular weight is 501 g/mol. The molecule has 0 spiro atoms. The molecule has 0 aromatic heterocycles. The number of rotatable bonds is 9. The van der Waals surface area contributed by atoms with Gasteiger partial charge in [-0.05, 0) is 97.2 Å². The third-order valence-electron chi connectivity index (χ3n) is 11.7. The van der Waals surface area contributed by atoms with Crippen LogP contribution in [0.25, 0.3) is 0 Å². The van der Waals surface area contributed by atoms with Gasteiger partial charge in [0.05, 0.1) is 6.61 Å². The largest absolute Gasteiger partial charge is 0.508 e. The molecule has 9 atom stereocenters. The molecule has 0 amide bonds. The van der Waals surface area contributed by atoms with Crippen LogP contribution in [0, 0.1) is 52.3 Å². The highest BCUT2D eigenvalue weighted by Gasteiger charge is 2.59. The summed E-state index contributed by atoms with van der Waals surface area (Å²) in [6.07, 6.45) is 17.3. The molecular weight excluding hydrogens is 444 g/mol. The maximum atomic E-state index is 12.3. The van der Waals surface area contributed by atoms with E-state index in [4.69, 9.17) is 9.47 Å². The smallest absolute Gasteiger partial charge is 0.434 e. The van der Waals surface area contributed by atoms with E-state index in [0.717, 1.165) is 61.2 Å². The van der Waals surface area contributed by atoms with Crippen LogP contribution in [0.4, 0.5) is 4.79 Å². The first-order valence-corrected chi connectivity index (χ1v) is 15.6. The minimum atomic E-state index is -0.467. The van der Waals surface area contributed by atoms with Crippen molar-refractivity contribution in [2.75, 3.05) is 6.61 Å². The quantitative estimate of drug-likeness (QED) is 0.233. The van der Waals surface area contributed by atoms with Crippen molar-refractivity contribution >= 4 is 6.16 Å². The van der Waals surface area contributed by atoms with E-state index in [-0.39, 0.29) is 6.10 Å². The van der Waals surface area contributed by atoms with E-state index in [2.05, 4.69) is 54.5 Å². The van der Waals surface area contributed by atoms with E-state index in [1.54, 1.807) is 5.57 Å². The average Bonchev–Trinajstić information content (AvgIpc) is 3.19. The lowest BCUT2D eigenvalue weighted by Gasteiger charge is -2.58. The first kappa shape index (κ1) is 28.0. The molecule has 3 fully saturated rings. The van der Waals surface area contributed by atoms with Crippen molar-refractivity contribution in [3.63, 3.8) is 0 Å². The lowest BCUT2D eigenvalue weighted by atomic mass is 9.47. The molecule has 3 nitrogen and oxygen atoms in total. The van der Waals surface area contributed by atoms with E-state index in [1.165, 1.54) is 51.4 Å². The van der Waals surface area contributed by atoms with Gasteiger partial charge in [-0.15, -0.1) is 0 Å². The maximum absolute atomic E-state index is 12.3. The summed E-state index contributed by atoms with van der Waals surface area (Å²) in [7, 11) is 0. The Morgan fingerprint density at radius 2 is 1.81 bits per heavy atom. The molecule has 0 heterocycles. The van der Waals surface area contributed by atoms with Gasteiger partial charge in [-0.2, -0.15) is 0 Å². The summed E-state index contributed by atoms with van der Waals surface area (Å²) >= 11 is 0. The van der Waals surface area contributed by atoms with Crippen molar-refractivity contribution in [2.24, 2.45) is 52.3 Å². The lowest BCUT2D eigenvalue weighted by Crippen LogP contribution is -2.51. The molecule has 0 radical (unpaired) electrons. The fourth-order valence-electron chi connectivity index (χ4n) is 9.25. The summed E-state index contributed by atoms with van der Waals surface area (Å²) in [4.78, 5) is 12.3. The monoisotopic (exact) mass is 500 g/mol. The summed E-state index contributed by atoms with van der Waals surface area (Å²) in [6, 6.07) is 0. The molecule has 0 aromatic rings. The van der Waals surface area contributed by atoms with Crippen LogP contribution in [0.15, 0.2) is 11.6 Å². The first-order valence-electron chi connectivity index (χ1n) is 15.6. The normalized spacial score (nSPS) is 39.4. The zero-order valence-electron chi connectivity index (χ0n) is 24.6. The SMILES string of the molecule is CC[C@@H](C)COC(=O)O[C@@H]1CC[C@@]2(C)C(=CC[C@H]3[C@@H]4CC[C@H]([C@@H](C)CCCC(C)C)[C@@]4(C)CC[C@@H]32)C1. The predicted molar refractivity (Wildman–Crippen MR) is 149 cm³/mol. The number of fused-ring (bicyclic) bond motifs is 5. The topological polar surface area (TPSA) is 35.5 Å². The molecule has 0 saturated heterocycles. The highest BCUT2D eigenvalue weighted by molar-refractivity contribution is 5.60. The number of carbonyl (C=O) groups excluding carboxylic acids is 1. The summed E-state index contributed by atoms with van der Waals surface area (Å²) in [5.74, 6) is 5.56. The molecule has 4 aliphatic carbocycles. The third kappa shape index (κ3) is 5.56. The molecule has 3 saturated carbocycles. The second-order valence-corrected chi connectivity index (χ2v) is 14.3. The standard InChI is InChI=1S/C33H56O3/c1-8-23(4)21-35-31(34)36-26-16-18-32(6)25(20-26)12-13-27-29-15-14-28(24(5)11-9-10-22(2)3)33(29,7)19-17-30(27)32/h12,22-24,26-30H,8-11,13-21H2,1-7H3/t23-,24+,26-,27+,28-,29+,30+,32+,33-/m1/s1. The Hall–Kier alpha value is -0.990. The molecule has 0 bridgehead atoms. The number of ether oxygens (including phenoxy) is 2. The molecule has 206 valence electrons. The Bertz CT molecular complexity index is 786. The molecule has 36 heavy (non-hydrogen) atoms. The van der Waals surface area contributed by atoms with Crippen LogP contribution < -0.4 is 0 Å². The highest BCUT2D eigenvalue weighted by Crippen LogP contribution is 2.67. The summed E-state index contributed by atoms with van der Waals surface area (Å²) in [5.41, 5.74) is 2.42. The molecule has 0 aromatic carbocycles. The van der Waals surface area contributed by atoms with Gasteiger partial charge in [0.2, 0.25) is 0 Å². The molecule has 0 unspecified atom stereocenters. The van der Waals surface area contributed by atoms with Crippen LogP contribution in [-0.2, 0) is 9.47 Å². The Labute approximate surface area is 222 Å². The number of hydrogen-bond acceptors (Lipinski definition) is 3. The van der Waals surface area contributed by atoms with Crippen molar-refractivity contribution in [2.45, 2.75) is 132 Å². The number of carbonyl (C=O) groups is 1. The second-order valence-electron chi connectivity index (χ2n) is 14.3. The fraction of sp³-hybridized carbons (Fsp3) is 0.909. The zero-order valence-corrected chi connectivity index (χ0v) is 24.6. The van der Waals surface area contributed by atoms with Gasteiger partial charge >= 0.3 is 6.16 Å². The van der Waals surface area contributed by atoms with Gasteiger partial charge in [0.1, 0.15) is 6.10 Å². The molecular formula is C33H56O3. The van der Waals surface area contributed by atoms with E-state index in [0.29, 0.717) is 23.4 Å². The van der Waals surface area contributed by atoms with Crippen LogP contribution in [0.3, 0.4) is 0 Å². The van der Waals surface area contributed by atoms with Gasteiger partial charge < -0.3 is 9.47 Å². The molecule has 4 rings (SSSR count). The van der Waals surface area contributed by atoms with Gasteiger partial charge in [-0.25, -0.2) is 4.79 Å². The van der Waals surface area contributed by atoms with Gasteiger partial charge in [-0.3, -0.25) is 0 Å². The predicted octanol–water partition coefficient (Wildman–Crippen LogP) is 9.60. The highest BCUT2D eigenvalue weighted by atomic mass is 16.7. The van der Waals surface area contributed by atoms with Crippen molar-refractivity contribution in [1.29, 1.82) is 0 Å². The zero-order chi connectivity index (χ0) is 26.1. The van der Waals surface area contributed by atoms with Gasteiger partial charge in [0.15, 0.2) is 0 Å².